The van der Waals surface area contributed by atoms with E-state index >= 15 is 0 Å². The Balaban J connectivity index is 1.44. The highest BCUT2D eigenvalue weighted by molar-refractivity contribution is 6.33. The van der Waals surface area contributed by atoms with E-state index in [0.29, 0.717) is 25.8 Å². The summed E-state index contributed by atoms with van der Waals surface area (Å²) in [5, 5.41) is 6.22. The standard InChI is InChI=1S/C28H33ClF3N3O5/c1-27(2,3)34-16-6-8-21(18(14-16)26(38)39-4)35-12-11-20(25(35)37)33-24(36)23-10-9-22(40-23)17-13-15(28(30,31)32)5-7-19(17)29/h5,7,9-10,13,16,18,20-21,34H,6,8,11-12,14H2,1-4H3,(H,33,36)/t16-,18-,20+,21+/m1/s1. The Morgan fingerprint density at radius 2 is 1.82 bits per heavy atom. The highest BCUT2D eigenvalue weighted by atomic mass is 35.5. The zero-order valence-electron chi connectivity index (χ0n) is 22.7. The monoisotopic (exact) mass is 583 g/mol. The lowest BCUT2D eigenvalue weighted by atomic mass is 9.80. The first-order valence-corrected chi connectivity index (χ1v) is 13.5. The van der Waals surface area contributed by atoms with Crippen molar-refractivity contribution in [2.45, 2.75) is 76.3 Å². The number of methoxy groups -OCH3 is 1. The van der Waals surface area contributed by atoms with E-state index in [9.17, 15) is 27.6 Å². The number of carbonyl (C=O) groups excluding carboxylic acids is 3. The van der Waals surface area contributed by atoms with E-state index in [4.69, 9.17) is 20.8 Å². The molecule has 0 unspecified atom stereocenters. The number of likely N-dealkylation sites (tertiary alicyclic amines) is 1. The molecule has 2 aromatic rings. The summed E-state index contributed by atoms with van der Waals surface area (Å²) >= 11 is 6.09. The van der Waals surface area contributed by atoms with Crippen LogP contribution in [-0.4, -0.2) is 60.0 Å². The number of benzene rings is 1. The van der Waals surface area contributed by atoms with E-state index in [1.54, 1.807) is 4.90 Å². The number of carbonyl (C=O) groups is 3. The first-order chi connectivity index (χ1) is 18.7. The average molecular weight is 584 g/mol. The van der Waals surface area contributed by atoms with Gasteiger partial charge in [-0.3, -0.25) is 14.4 Å². The lowest BCUT2D eigenvalue weighted by Crippen LogP contribution is -2.55. The summed E-state index contributed by atoms with van der Waals surface area (Å²) in [6.45, 7) is 6.53. The van der Waals surface area contributed by atoms with Gasteiger partial charge in [0.2, 0.25) is 5.91 Å². The van der Waals surface area contributed by atoms with E-state index in [1.165, 1.54) is 19.2 Å². The summed E-state index contributed by atoms with van der Waals surface area (Å²) in [7, 11) is 1.33. The molecule has 4 rings (SSSR count). The number of alkyl halides is 3. The maximum absolute atomic E-state index is 13.3. The van der Waals surface area contributed by atoms with E-state index in [0.717, 1.165) is 24.6 Å². The third kappa shape index (κ3) is 6.63. The summed E-state index contributed by atoms with van der Waals surface area (Å²) in [5.41, 5.74) is -1.04. The van der Waals surface area contributed by atoms with Crippen LogP contribution in [0, 0.1) is 5.92 Å². The van der Waals surface area contributed by atoms with Gasteiger partial charge in [0.25, 0.3) is 5.91 Å². The van der Waals surface area contributed by atoms with Gasteiger partial charge < -0.3 is 24.7 Å². The van der Waals surface area contributed by atoms with Crippen molar-refractivity contribution < 1.29 is 36.7 Å². The topological polar surface area (TPSA) is 101 Å². The number of nitrogens with one attached hydrogen (secondary N) is 2. The van der Waals surface area contributed by atoms with Gasteiger partial charge in [0.05, 0.1) is 23.6 Å². The van der Waals surface area contributed by atoms with Crippen LogP contribution in [-0.2, 0) is 20.5 Å². The predicted molar refractivity (Wildman–Crippen MR) is 142 cm³/mol. The zero-order valence-corrected chi connectivity index (χ0v) is 23.5. The molecule has 0 radical (unpaired) electrons. The van der Waals surface area contributed by atoms with Crippen molar-refractivity contribution in [3.05, 3.63) is 46.7 Å². The molecule has 8 nitrogen and oxygen atoms in total. The highest BCUT2D eigenvalue weighted by Crippen LogP contribution is 2.37. The second-order valence-corrected chi connectivity index (χ2v) is 11.7. The van der Waals surface area contributed by atoms with Gasteiger partial charge in [-0.1, -0.05) is 11.6 Å². The fourth-order valence-corrected chi connectivity index (χ4v) is 5.78. The molecule has 0 spiro atoms. The van der Waals surface area contributed by atoms with Crippen LogP contribution in [0.1, 0.15) is 62.6 Å². The van der Waals surface area contributed by atoms with Crippen LogP contribution >= 0.6 is 11.6 Å². The molecule has 2 N–H and O–H groups in total. The second kappa shape index (κ2) is 11.4. The Kier molecular flexibility index (Phi) is 8.56. The quantitative estimate of drug-likeness (QED) is 0.462. The smallest absolute Gasteiger partial charge is 0.416 e. The Morgan fingerprint density at radius 3 is 2.48 bits per heavy atom. The molecular weight excluding hydrogens is 551 g/mol. The predicted octanol–water partition coefficient (Wildman–Crippen LogP) is 5.05. The molecule has 2 aliphatic rings. The number of rotatable bonds is 6. The van der Waals surface area contributed by atoms with Gasteiger partial charge in [0.1, 0.15) is 11.8 Å². The normalized spacial score (nSPS) is 23.8. The summed E-state index contributed by atoms with van der Waals surface area (Å²) in [6, 6.07) is 4.41. The van der Waals surface area contributed by atoms with Gasteiger partial charge in [-0.05, 0) is 76.8 Å². The minimum atomic E-state index is -4.57. The minimum Gasteiger partial charge on any atom is -0.469 e. The average Bonchev–Trinajstić information content (AvgIpc) is 3.50. The molecular formula is C28H33ClF3N3O5. The minimum absolute atomic E-state index is 0.0101. The van der Waals surface area contributed by atoms with Crippen molar-refractivity contribution in [3.63, 3.8) is 0 Å². The van der Waals surface area contributed by atoms with Crippen LogP contribution in [0.5, 0.6) is 0 Å². The molecule has 0 bridgehead atoms. The molecule has 40 heavy (non-hydrogen) atoms. The number of furan rings is 1. The molecule has 218 valence electrons. The van der Waals surface area contributed by atoms with Gasteiger partial charge in [-0.25, -0.2) is 0 Å². The first-order valence-electron chi connectivity index (χ1n) is 13.1. The highest BCUT2D eigenvalue weighted by Gasteiger charge is 2.45. The Labute approximate surface area is 235 Å². The molecule has 1 aliphatic heterocycles. The lowest BCUT2D eigenvalue weighted by molar-refractivity contribution is -0.151. The van der Waals surface area contributed by atoms with E-state index < -0.39 is 29.6 Å². The molecule has 1 aliphatic carbocycles. The largest absolute Gasteiger partial charge is 0.469 e. The van der Waals surface area contributed by atoms with Gasteiger partial charge in [0, 0.05) is 29.7 Å². The number of hydrogen-bond donors (Lipinski definition) is 2. The number of halogens is 4. The fraction of sp³-hybridized carbons (Fsp3) is 0.536. The van der Waals surface area contributed by atoms with Crippen molar-refractivity contribution in [1.29, 1.82) is 0 Å². The van der Waals surface area contributed by atoms with Crippen LogP contribution in [0.2, 0.25) is 5.02 Å². The molecule has 4 atom stereocenters. The number of esters is 1. The third-order valence-corrected chi connectivity index (χ3v) is 7.62. The van der Waals surface area contributed by atoms with Crippen LogP contribution < -0.4 is 10.6 Å². The Hall–Kier alpha value is -3.05. The van der Waals surface area contributed by atoms with Crippen molar-refractivity contribution >= 4 is 29.4 Å². The first kappa shape index (κ1) is 29.9. The number of ether oxygens (including phenoxy) is 1. The SMILES string of the molecule is COC(=O)[C@@H]1C[C@H](NC(C)(C)C)CC[C@@H]1N1CC[C@H](NC(=O)c2ccc(-c3cc(C(F)(F)F)ccc3Cl)o2)C1=O. The molecule has 2 fully saturated rings. The molecule has 2 heterocycles. The van der Waals surface area contributed by atoms with E-state index in [-0.39, 0.29) is 51.6 Å². The van der Waals surface area contributed by atoms with Gasteiger partial charge >= 0.3 is 12.1 Å². The molecule has 1 saturated heterocycles. The van der Waals surface area contributed by atoms with E-state index in [1.807, 2.05) is 0 Å². The van der Waals surface area contributed by atoms with Crippen molar-refractivity contribution in [1.82, 2.24) is 15.5 Å². The van der Waals surface area contributed by atoms with Crippen LogP contribution in [0.4, 0.5) is 13.2 Å². The van der Waals surface area contributed by atoms with E-state index in [2.05, 4.69) is 31.4 Å². The van der Waals surface area contributed by atoms with Gasteiger partial charge in [-0.2, -0.15) is 13.2 Å². The maximum Gasteiger partial charge on any atom is 0.416 e. The van der Waals surface area contributed by atoms with Crippen LogP contribution in [0.25, 0.3) is 11.3 Å². The maximum atomic E-state index is 13.3. The van der Waals surface area contributed by atoms with Crippen molar-refractivity contribution in [2.75, 3.05) is 13.7 Å². The van der Waals surface area contributed by atoms with Crippen LogP contribution in [0.15, 0.2) is 34.7 Å². The van der Waals surface area contributed by atoms with Gasteiger partial charge in [0.15, 0.2) is 5.76 Å². The number of hydrogen-bond acceptors (Lipinski definition) is 6. The number of amides is 2. The fourth-order valence-electron chi connectivity index (χ4n) is 5.57. The molecule has 1 aromatic carbocycles. The summed E-state index contributed by atoms with van der Waals surface area (Å²) in [4.78, 5) is 40.6. The number of nitrogens with zero attached hydrogens (tertiary/aromatic N) is 1. The molecule has 2 amide bonds. The third-order valence-electron chi connectivity index (χ3n) is 7.29. The molecule has 1 aromatic heterocycles. The van der Waals surface area contributed by atoms with Crippen LogP contribution in [0.3, 0.4) is 0 Å². The van der Waals surface area contributed by atoms with Gasteiger partial charge in [-0.15, -0.1) is 0 Å². The molecule has 1 saturated carbocycles. The zero-order chi connectivity index (χ0) is 29.4. The lowest BCUT2D eigenvalue weighted by Gasteiger charge is -2.41. The summed E-state index contributed by atoms with van der Waals surface area (Å²) in [5.74, 6) is -2.04. The van der Waals surface area contributed by atoms with Crippen molar-refractivity contribution in [2.24, 2.45) is 5.92 Å². The second-order valence-electron chi connectivity index (χ2n) is 11.3. The Bertz CT molecular complexity index is 1270. The molecule has 12 heteroatoms. The summed E-state index contributed by atoms with van der Waals surface area (Å²) in [6.07, 6.45) is -2.31. The Morgan fingerprint density at radius 1 is 1.10 bits per heavy atom. The van der Waals surface area contributed by atoms with Crippen molar-refractivity contribution in [3.8, 4) is 11.3 Å². The summed E-state index contributed by atoms with van der Waals surface area (Å²) < 4.78 is 50.0.